The lowest BCUT2D eigenvalue weighted by atomic mass is 9.96. The quantitative estimate of drug-likeness (QED) is 0.573. The monoisotopic (exact) mass is 382 g/mol. The van der Waals surface area contributed by atoms with Gasteiger partial charge >= 0.3 is 0 Å². The Labute approximate surface area is 165 Å². The summed E-state index contributed by atoms with van der Waals surface area (Å²) < 4.78 is 10.7. The topological polar surface area (TPSA) is 43.4 Å². The molecule has 0 saturated carbocycles. The maximum Gasteiger partial charge on any atom is 0.161 e. The van der Waals surface area contributed by atoms with Gasteiger partial charge in [0.2, 0.25) is 0 Å². The Kier molecular flexibility index (Phi) is 6.48. The Hall–Kier alpha value is -2.37. The molecule has 0 amide bonds. The van der Waals surface area contributed by atoms with E-state index in [9.17, 15) is 0 Å². The van der Waals surface area contributed by atoms with Gasteiger partial charge in [0.1, 0.15) is 5.01 Å². The van der Waals surface area contributed by atoms with Gasteiger partial charge in [0.15, 0.2) is 11.5 Å². The zero-order chi connectivity index (χ0) is 19.2. The van der Waals surface area contributed by atoms with Crippen molar-refractivity contribution >= 4 is 11.3 Å². The first kappa shape index (κ1) is 19.4. The number of benzene rings is 2. The number of nitrogens with zero attached hydrogens (tertiary/aromatic N) is 1. The van der Waals surface area contributed by atoms with Gasteiger partial charge in [0.25, 0.3) is 0 Å². The van der Waals surface area contributed by atoms with E-state index in [1.807, 2.05) is 18.2 Å². The fraction of sp³-hybridized carbons (Fsp3) is 0.318. The highest BCUT2D eigenvalue weighted by Gasteiger charge is 2.16. The van der Waals surface area contributed by atoms with E-state index in [0.29, 0.717) is 17.7 Å². The minimum atomic E-state index is 0.303. The predicted molar refractivity (Wildman–Crippen MR) is 112 cm³/mol. The Morgan fingerprint density at radius 3 is 2.41 bits per heavy atom. The second-order valence-electron chi connectivity index (χ2n) is 6.73. The van der Waals surface area contributed by atoms with Crippen molar-refractivity contribution < 1.29 is 9.47 Å². The van der Waals surface area contributed by atoms with Crippen molar-refractivity contribution in [3.63, 3.8) is 0 Å². The van der Waals surface area contributed by atoms with Gasteiger partial charge in [-0.2, -0.15) is 0 Å². The molecule has 1 heterocycles. The van der Waals surface area contributed by atoms with Crippen molar-refractivity contribution in [2.24, 2.45) is 5.92 Å². The molecule has 142 valence electrons. The second-order valence-corrected chi connectivity index (χ2v) is 7.59. The molecule has 2 aromatic carbocycles. The van der Waals surface area contributed by atoms with Crippen LogP contribution in [0.15, 0.2) is 53.9 Å². The molecule has 0 spiro atoms. The summed E-state index contributed by atoms with van der Waals surface area (Å²) in [5.74, 6) is 1.94. The van der Waals surface area contributed by atoms with E-state index < -0.39 is 0 Å². The van der Waals surface area contributed by atoms with Crippen LogP contribution >= 0.6 is 11.3 Å². The van der Waals surface area contributed by atoms with Crippen LogP contribution in [0.2, 0.25) is 0 Å². The number of ether oxygens (including phenoxy) is 2. The molecular formula is C22H26N2O2S. The van der Waals surface area contributed by atoms with Crippen molar-refractivity contribution in [3.8, 4) is 22.1 Å². The summed E-state index contributed by atoms with van der Waals surface area (Å²) in [5.41, 5.74) is 3.39. The van der Waals surface area contributed by atoms with Gasteiger partial charge in [-0.15, -0.1) is 11.3 Å². The lowest BCUT2D eigenvalue weighted by Gasteiger charge is -2.22. The molecule has 27 heavy (non-hydrogen) atoms. The molecule has 1 aromatic heterocycles. The molecule has 0 fully saturated rings. The second kappa shape index (κ2) is 9.02. The van der Waals surface area contributed by atoms with Crippen molar-refractivity contribution in [2.75, 3.05) is 14.2 Å². The molecule has 1 N–H and O–H groups in total. The lowest BCUT2D eigenvalue weighted by Crippen LogP contribution is -2.25. The number of rotatable bonds is 8. The van der Waals surface area contributed by atoms with E-state index in [0.717, 1.165) is 28.6 Å². The van der Waals surface area contributed by atoms with Gasteiger partial charge in [-0.1, -0.05) is 44.2 Å². The molecule has 0 bridgehead atoms. The third-order valence-corrected chi connectivity index (χ3v) is 5.45. The van der Waals surface area contributed by atoms with Crippen LogP contribution < -0.4 is 14.8 Å². The third-order valence-electron chi connectivity index (χ3n) is 4.51. The van der Waals surface area contributed by atoms with E-state index >= 15 is 0 Å². The maximum atomic E-state index is 5.40. The molecule has 0 unspecified atom stereocenters. The molecule has 0 aliphatic rings. The molecule has 3 aromatic rings. The number of hydrogen-bond acceptors (Lipinski definition) is 5. The summed E-state index contributed by atoms with van der Waals surface area (Å²) >= 11 is 1.64. The standard InChI is InChI=1S/C22H26N2O2S/c1-15(2)21(16-8-6-5-7-9-16)23-13-18-14-27-22(24-18)17-10-11-19(25-3)20(12-17)26-4/h5-12,14-15,21,23H,13H2,1-4H3/t21-/m0/s1. The molecule has 3 rings (SSSR count). The van der Waals surface area contributed by atoms with Crippen LogP contribution in [0.3, 0.4) is 0 Å². The molecule has 5 heteroatoms. The van der Waals surface area contributed by atoms with Crippen LogP contribution in [0.25, 0.3) is 10.6 Å². The van der Waals surface area contributed by atoms with E-state index in [-0.39, 0.29) is 0 Å². The van der Waals surface area contributed by atoms with Crippen molar-refractivity contribution in [1.29, 1.82) is 0 Å². The van der Waals surface area contributed by atoms with Crippen LogP contribution in [-0.4, -0.2) is 19.2 Å². The van der Waals surface area contributed by atoms with Gasteiger partial charge < -0.3 is 14.8 Å². The highest BCUT2D eigenvalue weighted by molar-refractivity contribution is 7.13. The fourth-order valence-corrected chi connectivity index (χ4v) is 3.92. The van der Waals surface area contributed by atoms with E-state index in [4.69, 9.17) is 14.5 Å². The number of methoxy groups -OCH3 is 2. The first-order valence-electron chi connectivity index (χ1n) is 9.07. The summed E-state index contributed by atoms with van der Waals surface area (Å²) in [5, 5.41) is 6.75. The van der Waals surface area contributed by atoms with E-state index in [2.05, 4.69) is 54.9 Å². The first-order chi connectivity index (χ1) is 13.1. The van der Waals surface area contributed by atoms with Gasteiger partial charge in [0, 0.05) is 23.5 Å². The van der Waals surface area contributed by atoms with Gasteiger partial charge in [-0.25, -0.2) is 4.98 Å². The third kappa shape index (κ3) is 4.67. The predicted octanol–water partition coefficient (Wildman–Crippen LogP) is 5.31. The first-order valence-corrected chi connectivity index (χ1v) is 9.95. The summed E-state index contributed by atoms with van der Waals surface area (Å²) in [6.07, 6.45) is 0. The van der Waals surface area contributed by atoms with E-state index in [1.165, 1.54) is 5.56 Å². The number of hydrogen-bond donors (Lipinski definition) is 1. The van der Waals surface area contributed by atoms with Crippen molar-refractivity contribution in [1.82, 2.24) is 10.3 Å². The number of aromatic nitrogens is 1. The van der Waals surface area contributed by atoms with Gasteiger partial charge in [0.05, 0.1) is 19.9 Å². The van der Waals surface area contributed by atoms with Gasteiger partial charge in [-0.05, 0) is 29.7 Å². The number of nitrogens with one attached hydrogen (secondary N) is 1. The fourth-order valence-electron chi connectivity index (χ4n) is 3.10. The van der Waals surface area contributed by atoms with Crippen LogP contribution in [0.1, 0.15) is 31.1 Å². The summed E-state index contributed by atoms with van der Waals surface area (Å²) in [4.78, 5) is 4.80. The SMILES string of the molecule is COc1ccc(-c2nc(CN[C@H](c3ccccc3)C(C)C)cs2)cc1OC. The number of thiazole rings is 1. The Morgan fingerprint density at radius 2 is 1.74 bits per heavy atom. The zero-order valence-electron chi connectivity index (χ0n) is 16.2. The lowest BCUT2D eigenvalue weighted by molar-refractivity contribution is 0.355. The largest absolute Gasteiger partial charge is 0.493 e. The molecule has 0 aliphatic carbocycles. The average Bonchev–Trinajstić information content (AvgIpc) is 3.17. The zero-order valence-corrected chi connectivity index (χ0v) is 17.0. The summed E-state index contributed by atoms with van der Waals surface area (Å²) in [6.45, 7) is 5.21. The van der Waals surface area contributed by atoms with Crippen LogP contribution in [-0.2, 0) is 6.54 Å². The van der Waals surface area contributed by atoms with Crippen LogP contribution in [0.4, 0.5) is 0 Å². The average molecular weight is 383 g/mol. The Balaban J connectivity index is 1.72. The summed E-state index contributed by atoms with van der Waals surface area (Å²) in [6, 6.07) is 16.8. The van der Waals surface area contributed by atoms with Crippen LogP contribution in [0, 0.1) is 5.92 Å². The molecule has 0 saturated heterocycles. The Bertz CT molecular complexity index is 862. The normalized spacial score (nSPS) is 12.2. The minimum Gasteiger partial charge on any atom is -0.493 e. The van der Waals surface area contributed by atoms with Gasteiger partial charge in [-0.3, -0.25) is 0 Å². The highest BCUT2D eigenvalue weighted by atomic mass is 32.1. The minimum absolute atomic E-state index is 0.303. The summed E-state index contributed by atoms with van der Waals surface area (Å²) in [7, 11) is 3.29. The van der Waals surface area contributed by atoms with Crippen LogP contribution in [0.5, 0.6) is 11.5 Å². The van der Waals surface area contributed by atoms with E-state index in [1.54, 1.807) is 25.6 Å². The molecular weight excluding hydrogens is 356 g/mol. The highest BCUT2D eigenvalue weighted by Crippen LogP contribution is 2.33. The molecule has 1 atom stereocenters. The molecule has 0 radical (unpaired) electrons. The molecule has 0 aliphatic heterocycles. The van der Waals surface area contributed by atoms with Crippen molar-refractivity contribution in [3.05, 3.63) is 65.2 Å². The smallest absolute Gasteiger partial charge is 0.161 e. The maximum absolute atomic E-state index is 5.40. The molecule has 4 nitrogen and oxygen atoms in total. The van der Waals surface area contributed by atoms with Crippen molar-refractivity contribution in [2.45, 2.75) is 26.4 Å². The Morgan fingerprint density at radius 1 is 1.00 bits per heavy atom.